The van der Waals surface area contributed by atoms with Crippen LogP contribution >= 0.6 is 22.1 Å². The molecule has 186 valence electrons. The lowest BCUT2D eigenvalue weighted by Gasteiger charge is -2.51. The van der Waals surface area contributed by atoms with Crippen LogP contribution in [0.3, 0.4) is 0 Å². The maximum absolute atomic E-state index is 2.87. The van der Waals surface area contributed by atoms with E-state index in [-0.39, 0.29) is 10.3 Å². The van der Waals surface area contributed by atoms with Gasteiger partial charge in [-0.2, -0.15) is 0 Å². The Kier molecular flexibility index (Phi) is 8.42. The van der Waals surface area contributed by atoms with Crippen molar-refractivity contribution in [1.82, 2.24) is 0 Å². The Morgan fingerprint density at radius 3 is 1.08 bits per heavy atom. The molecule has 0 saturated carbocycles. The fraction of sp³-hybridized carbons (Fsp3) is 0.242. The van der Waals surface area contributed by atoms with Crippen molar-refractivity contribution in [2.24, 2.45) is 0 Å². The highest BCUT2D eigenvalue weighted by Gasteiger charge is 2.46. The Morgan fingerprint density at radius 1 is 0.472 bits per heavy atom. The van der Waals surface area contributed by atoms with Crippen molar-refractivity contribution in [1.29, 1.82) is 0 Å². The van der Waals surface area contributed by atoms with Crippen LogP contribution in [0.4, 0.5) is 0 Å². The van der Waals surface area contributed by atoms with E-state index in [1.807, 2.05) is 0 Å². The van der Waals surface area contributed by atoms with Crippen LogP contribution in [-0.2, 0) is 0 Å². The van der Waals surface area contributed by atoms with Gasteiger partial charge in [0.15, 0.2) is 0 Å². The van der Waals surface area contributed by atoms with Gasteiger partial charge in [0.1, 0.15) is 0 Å². The first kappa shape index (κ1) is 27.1. The van der Waals surface area contributed by atoms with Gasteiger partial charge in [-0.3, -0.25) is 0 Å². The number of hydrogen-bond donors (Lipinski definition) is 0. The lowest BCUT2D eigenvalue weighted by molar-refractivity contribution is 0.720. The Bertz CT molecular complexity index is 1190. The largest absolute Gasteiger partial charge is 0.0622 e. The van der Waals surface area contributed by atoms with E-state index >= 15 is 0 Å². The van der Waals surface area contributed by atoms with Crippen molar-refractivity contribution in [2.75, 3.05) is 0 Å². The second-order valence-electron chi connectivity index (χ2n) is 11.2. The molecular weight excluding hydrogens is 489 g/mol. The number of hydrogen-bond acceptors (Lipinski definition) is 0. The zero-order valence-electron chi connectivity index (χ0n) is 22.5. The standard InChI is InChI=1S/C33H39P3/c1-32(2,3)35(33(4,5)6)36(30-23-15-9-16-24-30,31-25-17-10-18-26-31)27-34(28-19-11-7-12-20-28)29-21-13-8-14-22-29/h7-27H,1-6H3. The van der Waals surface area contributed by atoms with Gasteiger partial charge in [0.2, 0.25) is 0 Å². The zero-order chi connectivity index (χ0) is 25.8. The van der Waals surface area contributed by atoms with E-state index in [0.717, 1.165) is 0 Å². The van der Waals surface area contributed by atoms with Gasteiger partial charge in [0, 0.05) is 0 Å². The lowest BCUT2D eigenvalue weighted by atomic mass is 10.2. The topological polar surface area (TPSA) is 0 Å². The summed E-state index contributed by atoms with van der Waals surface area (Å²) in [5, 5.41) is 6.19. The van der Waals surface area contributed by atoms with E-state index in [4.69, 9.17) is 0 Å². The van der Waals surface area contributed by atoms with Crippen LogP contribution in [0.15, 0.2) is 121 Å². The minimum Gasteiger partial charge on any atom is -0.0622 e. The molecule has 0 atom stereocenters. The summed E-state index contributed by atoms with van der Waals surface area (Å²) in [6, 6.07) is 45.3. The maximum Gasteiger partial charge on any atom is -0.0131 e. The summed E-state index contributed by atoms with van der Waals surface area (Å²) in [4.78, 5) is 0. The summed E-state index contributed by atoms with van der Waals surface area (Å²) in [5.74, 6) is 0. The second-order valence-corrected chi connectivity index (χ2v) is 22.7. The van der Waals surface area contributed by atoms with E-state index in [0.29, 0.717) is 0 Å². The second kappa shape index (κ2) is 11.2. The van der Waals surface area contributed by atoms with Gasteiger partial charge in [0.25, 0.3) is 0 Å². The molecule has 0 spiro atoms. The van der Waals surface area contributed by atoms with E-state index in [9.17, 15) is 0 Å². The Hall–Kier alpha value is -1.96. The van der Waals surface area contributed by atoms with Crippen LogP contribution in [0.2, 0.25) is 0 Å². The van der Waals surface area contributed by atoms with Crippen LogP contribution in [0.25, 0.3) is 0 Å². The molecule has 0 N–H and O–H groups in total. The average molecular weight is 529 g/mol. The third-order valence-electron chi connectivity index (χ3n) is 6.24. The molecule has 4 rings (SSSR count). The molecule has 4 aromatic rings. The summed E-state index contributed by atoms with van der Waals surface area (Å²) in [6.45, 7) is 12.9. The monoisotopic (exact) mass is 528 g/mol. The molecule has 0 aliphatic rings. The van der Waals surface area contributed by atoms with Crippen molar-refractivity contribution >= 4 is 48.9 Å². The zero-order valence-corrected chi connectivity index (χ0v) is 25.1. The normalized spacial score (nSPS) is 12.7. The average Bonchev–Trinajstić information content (AvgIpc) is 2.87. The molecule has 0 aromatic heterocycles. The van der Waals surface area contributed by atoms with Gasteiger partial charge in [0.05, 0.1) is 0 Å². The number of rotatable bonds is 6. The van der Waals surface area contributed by atoms with Crippen molar-refractivity contribution in [3.63, 3.8) is 0 Å². The fourth-order valence-corrected chi connectivity index (χ4v) is 26.3. The summed E-state index contributed by atoms with van der Waals surface area (Å²) in [7, 11) is -1.16. The van der Waals surface area contributed by atoms with Crippen molar-refractivity contribution in [3.8, 4) is 0 Å². The molecular formula is C33H39P3. The minimum absolute atomic E-state index is 0.165. The van der Waals surface area contributed by atoms with Crippen LogP contribution < -0.4 is 21.2 Å². The highest BCUT2D eigenvalue weighted by molar-refractivity contribution is 8.47. The number of benzene rings is 4. The molecule has 3 heteroatoms. The van der Waals surface area contributed by atoms with Gasteiger partial charge in [-0.15, -0.1) is 0 Å². The van der Waals surface area contributed by atoms with Crippen molar-refractivity contribution < 1.29 is 0 Å². The predicted molar refractivity (Wildman–Crippen MR) is 171 cm³/mol. The van der Waals surface area contributed by atoms with E-state index in [1.54, 1.807) is 0 Å². The first-order valence-corrected chi connectivity index (χ1v) is 18.0. The summed E-state index contributed by atoms with van der Waals surface area (Å²) < 4.78 is 0. The van der Waals surface area contributed by atoms with Crippen molar-refractivity contribution in [3.05, 3.63) is 121 Å². The van der Waals surface area contributed by atoms with E-state index in [2.05, 4.69) is 168 Å². The summed E-state index contributed by atoms with van der Waals surface area (Å²) >= 11 is 0. The van der Waals surface area contributed by atoms with Crippen LogP contribution in [0, 0.1) is 0 Å². The third kappa shape index (κ3) is 5.79. The van der Waals surface area contributed by atoms with Gasteiger partial charge >= 0.3 is 0 Å². The third-order valence-corrected chi connectivity index (χ3v) is 23.4. The van der Waals surface area contributed by atoms with E-state index < -0.39 is 22.1 Å². The molecule has 0 fully saturated rings. The van der Waals surface area contributed by atoms with Crippen LogP contribution in [0.1, 0.15) is 41.5 Å². The van der Waals surface area contributed by atoms with E-state index in [1.165, 1.54) is 21.2 Å². The Balaban J connectivity index is 2.21. The minimum atomic E-state index is -1.97. The molecule has 36 heavy (non-hydrogen) atoms. The molecule has 0 aliphatic heterocycles. The van der Waals surface area contributed by atoms with Gasteiger partial charge in [-0.25, -0.2) is 0 Å². The SMILES string of the molecule is CC(C)(C)P(C(C)(C)C)P(=CP(c1ccccc1)c1ccccc1)(c1ccccc1)c1ccccc1. The molecule has 0 heterocycles. The first-order chi connectivity index (χ1) is 17.1. The summed E-state index contributed by atoms with van der Waals surface area (Å²) in [6.07, 6.45) is 0. The quantitative estimate of drug-likeness (QED) is 0.220. The molecule has 0 radical (unpaired) electrons. The molecule has 4 aromatic carbocycles. The molecule has 0 bridgehead atoms. The van der Waals surface area contributed by atoms with Gasteiger partial charge < -0.3 is 0 Å². The smallest absolute Gasteiger partial charge is 0.0131 e. The molecule has 0 amide bonds. The van der Waals surface area contributed by atoms with Crippen LogP contribution in [-0.4, -0.2) is 15.8 Å². The Morgan fingerprint density at radius 2 is 0.778 bits per heavy atom. The maximum atomic E-state index is 2.87. The first-order valence-electron chi connectivity index (χ1n) is 12.7. The molecule has 0 aliphatic carbocycles. The lowest BCUT2D eigenvalue weighted by Crippen LogP contribution is -2.32. The van der Waals surface area contributed by atoms with Crippen molar-refractivity contribution in [2.45, 2.75) is 51.9 Å². The highest BCUT2D eigenvalue weighted by Crippen LogP contribution is 2.85. The van der Waals surface area contributed by atoms with Gasteiger partial charge in [-0.05, 0) is 51.6 Å². The fourth-order valence-electron chi connectivity index (χ4n) is 5.45. The predicted octanol–water partition coefficient (Wildman–Crippen LogP) is 8.54. The molecule has 0 nitrogen and oxygen atoms in total. The van der Waals surface area contributed by atoms with Crippen LogP contribution in [0.5, 0.6) is 0 Å². The molecule has 0 unspecified atom stereocenters. The summed E-state index contributed by atoms with van der Waals surface area (Å²) in [5.41, 5.74) is 2.87. The Labute approximate surface area is 221 Å². The molecule has 0 saturated heterocycles. The highest BCUT2D eigenvalue weighted by atomic mass is 32.1. The van der Waals surface area contributed by atoms with Gasteiger partial charge in [-0.1, -0.05) is 170 Å².